The molecule has 4 atom stereocenters. The van der Waals surface area contributed by atoms with Gasteiger partial charge in [-0.1, -0.05) is 0 Å². The maximum atomic E-state index is 14.4. The summed E-state index contributed by atoms with van der Waals surface area (Å²) in [6.07, 6.45) is -3.54. The van der Waals surface area contributed by atoms with Gasteiger partial charge in [0.25, 0.3) is 15.9 Å². The number of benzene rings is 1. The molecule has 2 aliphatic rings. The molecular weight excluding hydrogens is 637 g/mol. The topological polar surface area (TPSA) is 174 Å². The number of aliphatic hydroxyl groups is 1. The average Bonchev–Trinajstić information content (AvgIpc) is 3.61. The van der Waals surface area contributed by atoms with E-state index in [9.17, 15) is 36.3 Å². The number of aliphatic hydroxyl groups excluding tert-OH is 1. The molecule has 1 saturated carbocycles. The van der Waals surface area contributed by atoms with Crippen LogP contribution in [0.3, 0.4) is 0 Å². The van der Waals surface area contributed by atoms with Crippen molar-refractivity contribution in [2.45, 2.75) is 69.5 Å². The Balaban J connectivity index is 1.69. The number of aliphatic imine (C=N–C) groups is 1. The second-order valence-corrected chi connectivity index (χ2v) is 13.1. The van der Waals surface area contributed by atoms with Crippen LogP contribution in [0.25, 0.3) is 0 Å². The SMILES string of the molecule is CCn1cc(S(=O)(=O)N2c3cc(NC(=O)OC(C)(C)C(F)(F)F)ccc3O[C@@H](CNC(=O)[C@@H]3C[C@@H]3C=NC)[C@H]2C)c(OCCO)n1. The number of ether oxygens (including phenoxy) is 3. The Kier molecular flexibility index (Phi) is 10.1. The molecule has 0 bridgehead atoms. The van der Waals surface area contributed by atoms with E-state index in [-0.39, 0.29) is 58.8 Å². The fourth-order valence-corrected chi connectivity index (χ4v) is 6.53. The maximum absolute atomic E-state index is 14.4. The van der Waals surface area contributed by atoms with E-state index >= 15 is 0 Å². The number of fused-ring (bicyclic) bond motifs is 1. The Morgan fingerprint density at radius 2 is 2.00 bits per heavy atom. The Morgan fingerprint density at radius 3 is 2.63 bits per heavy atom. The normalized spacial score (nSPS) is 21.4. The average molecular weight is 675 g/mol. The molecule has 1 aromatic heterocycles. The van der Waals surface area contributed by atoms with Crippen LogP contribution in [-0.4, -0.2) is 92.2 Å². The lowest BCUT2D eigenvalue weighted by Gasteiger charge is -2.41. The number of aromatic nitrogens is 2. The van der Waals surface area contributed by atoms with E-state index in [2.05, 4.69) is 25.5 Å². The van der Waals surface area contributed by atoms with Crippen LogP contribution in [0, 0.1) is 11.8 Å². The number of halogens is 3. The zero-order chi connectivity index (χ0) is 34.0. The summed E-state index contributed by atoms with van der Waals surface area (Å²) in [6, 6.07) is 2.90. The Labute approximate surface area is 263 Å². The number of alkyl halides is 3. The van der Waals surface area contributed by atoms with Gasteiger partial charge >= 0.3 is 12.3 Å². The fourth-order valence-electron chi connectivity index (χ4n) is 4.77. The number of hydrogen-bond acceptors (Lipinski definition) is 10. The Bertz CT molecular complexity index is 1580. The number of rotatable bonds is 12. The number of nitrogens with zero attached hydrogens (tertiary/aromatic N) is 4. The number of sulfonamides is 1. The number of aryl methyl sites for hydroxylation is 1. The van der Waals surface area contributed by atoms with Gasteiger partial charge in [-0.3, -0.25) is 19.1 Å². The number of nitrogens with one attached hydrogen (secondary N) is 2. The van der Waals surface area contributed by atoms with Gasteiger partial charge in [-0.05, 0) is 52.3 Å². The van der Waals surface area contributed by atoms with Crippen molar-refractivity contribution in [3.8, 4) is 11.6 Å². The molecular formula is C28H37F3N6O8S. The highest BCUT2D eigenvalue weighted by atomic mass is 32.2. The third-order valence-electron chi connectivity index (χ3n) is 7.54. The molecule has 1 aliphatic carbocycles. The second-order valence-electron chi connectivity index (χ2n) is 11.3. The molecule has 0 saturated heterocycles. The maximum Gasteiger partial charge on any atom is 0.427 e. The summed E-state index contributed by atoms with van der Waals surface area (Å²) in [5.41, 5.74) is -2.94. The Morgan fingerprint density at radius 1 is 1.28 bits per heavy atom. The van der Waals surface area contributed by atoms with E-state index in [1.807, 2.05) is 0 Å². The van der Waals surface area contributed by atoms with Gasteiger partial charge in [-0.15, -0.1) is 5.10 Å². The van der Waals surface area contributed by atoms with E-state index in [0.29, 0.717) is 26.8 Å². The van der Waals surface area contributed by atoms with Crippen molar-refractivity contribution in [3.05, 3.63) is 24.4 Å². The molecule has 0 unspecified atom stereocenters. The summed E-state index contributed by atoms with van der Waals surface area (Å²) < 4.78 is 87.0. The van der Waals surface area contributed by atoms with Gasteiger partial charge in [0.1, 0.15) is 18.5 Å². The van der Waals surface area contributed by atoms with Crippen LogP contribution in [-0.2, 0) is 26.1 Å². The van der Waals surface area contributed by atoms with Crippen molar-refractivity contribution >= 4 is 39.6 Å². The van der Waals surface area contributed by atoms with E-state index in [1.54, 1.807) is 27.1 Å². The second kappa shape index (κ2) is 13.4. The van der Waals surface area contributed by atoms with Crippen LogP contribution < -0.4 is 24.4 Å². The summed E-state index contributed by atoms with van der Waals surface area (Å²) in [7, 11) is -2.90. The number of carbonyl (C=O) groups excluding carboxylic acids is 2. The summed E-state index contributed by atoms with van der Waals surface area (Å²) in [5.74, 6) is -0.663. The van der Waals surface area contributed by atoms with Crippen molar-refractivity contribution < 1.29 is 50.5 Å². The highest BCUT2D eigenvalue weighted by Crippen LogP contribution is 2.43. The molecule has 1 fully saturated rings. The first-order valence-corrected chi connectivity index (χ1v) is 15.9. The van der Waals surface area contributed by atoms with Crippen molar-refractivity contribution in [2.24, 2.45) is 16.8 Å². The predicted molar refractivity (Wildman–Crippen MR) is 160 cm³/mol. The molecule has 3 N–H and O–H groups in total. The number of carbonyl (C=O) groups is 2. The van der Waals surface area contributed by atoms with Gasteiger partial charge in [0.15, 0.2) is 4.90 Å². The third-order valence-corrected chi connectivity index (χ3v) is 9.42. The van der Waals surface area contributed by atoms with Crippen LogP contribution in [0.5, 0.6) is 11.6 Å². The standard InChI is InChI=1S/C28H37F3N6O8S/c1-6-36-15-23(25(35-36)43-10-9-38)46(41,42)37-16(2)22(14-33-24(39)19-11-17(19)13-32-5)44-21-8-7-18(12-20(21)37)34-26(40)45-27(3,4)28(29,30)31/h7-8,12-13,15-17,19,22,38H,6,9-11,14H2,1-5H3,(H,33,39)(H,34,40)/t16-,17-,19-,22+/m1/s1. The number of anilines is 2. The minimum absolute atomic E-state index is 0.0269. The molecule has 2 aromatic rings. The van der Waals surface area contributed by atoms with Crippen molar-refractivity contribution in [2.75, 3.05) is 36.4 Å². The van der Waals surface area contributed by atoms with Crippen LogP contribution in [0.15, 0.2) is 34.3 Å². The molecule has 1 aliphatic heterocycles. The molecule has 2 amide bonds. The smallest absolute Gasteiger partial charge is 0.427 e. The molecule has 1 aromatic carbocycles. The molecule has 18 heteroatoms. The van der Waals surface area contributed by atoms with Crippen LogP contribution in [0.1, 0.15) is 34.1 Å². The van der Waals surface area contributed by atoms with Gasteiger partial charge in [0.05, 0.1) is 24.9 Å². The molecule has 0 radical (unpaired) electrons. The lowest BCUT2D eigenvalue weighted by atomic mass is 10.1. The lowest BCUT2D eigenvalue weighted by Crippen LogP contribution is -2.54. The van der Waals surface area contributed by atoms with E-state index in [4.69, 9.17) is 9.47 Å². The fraction of sp³-hybridized carbons (Fsp3) is 0.571. The van der Waals surface area contributed by atoms with Crippen LogP contribution >= 0.6 is 0 Å². The van der Waals surface area contributed by atoms with Gasteiger partial charge < -0.3 is 29.6 Å². The summed E-state index contributed by atoms with van der Waals surface area (Å²) >= 11 is 0. The lowest BCUT2D eigenvalue weighted by molar-refractivity contribution is -0.242. The Hall–Kier alpha value is -4.06. The molecule has 254 valence electrons. The van der Waals surface area contributed by atoms with Crippen LogP contribution in [0.4, 0.5) is 29.3 Å². The molecule has 14 nitrogen and oxygen atoms in total. The monoisotopic (exact) mass is 674 g/mol. The van der Waals surface area contributed by atoms with Gasteiger partial charge in [-0.25, -0.2) is 13.2 Å². The minimum Gasteiger partial charge on any atom is -0.484 e. The quantitative estimate of drug-likeness (QED) is 0.286. The van der Waals surface area contributed by atoms with Crippen LogP contribution in [0.2, 0.25) is 0 Å². The van der Waals surface area contributed by atoms with Crippen molar-refractivity contribution in [1.29, 1.82) is 0 Å². The molecule has 4 rings (SSSR count). The zero-order valence-electron chi connectivity index (χ0n) is 25.9. The number of hydrogen-bond donors (Lipinski definition) is 3. The van der Waals surface area contributed by atoms with Gasteiger partial charge in [0.2, 0.25) is 11.5 Å². The first-order chi connectivity index (χ1) is 21.5. The highest BCUT2D eigenvalue weighted by molar-refractivity contribution is 7.93. The largest absolute Gasteiger partial charge is 0.484 e. The summed E-state index contributed by atoms with van der Waals surface area (Å²) in [6.45, 7) is 4.27. The minimum atomic E-state index is -4.85. The summed E-state index contributed by atoms with van der Waals surface area (Å²) in [4.78, 5) is 28.8. The molecule has 0 spiro atoms. The highest BCUT2D eigenvalue weighted by Gasteiger charge is 2.51. The first kappa shape index (κ1) is 34.8. The molecule has 2 heterocycles. The summed E-state index contributed by atoms with van der Waals surface area (Å²) in [5, 5.41) is 18.5. The van der Waals surface area contributed by atoms with Crippen molar-refractivity contribution in [3.63, 3.8) is 0 Å². The van der Waals surface area contributed by atoms with E-state index in [1.165, 1.54) is 29.1 Å². The zero-order valence-corrected chi connectivity index (χ0v) is 26.7. The predicted octanol–water partition coefficient (Wildman–Crippen LogP) is 2.96. The van der Waals surface area contributed by atoms with Gasteiger partial charge in [0, 0.05) is 43.5 Å². The van der Waals surface area contributed by atoms with E-state index in [0.717, 1.165) is 4.31 Å². The number of amides is 2. The van der Waals surface area contributed by atoms with Crippen molar-refractivity contribution in [1.82, 2.24) is 15.1 Å². The van der Waals surface area contributed by atoms with Gasteiger partial charge in [-0.2, -0.15) is 13.2 Å². The third kappa shape index (κ3) is 7.32. The first-order valence-electron chi connectivity index (χ1n) is 14.5. The van der Waals surface area contributed by atoms with E-state index < -0.39 is 46.6 Å². The molecule has 46 heavy (non-hydrogen) atoms.